The molecule has 0 fully saturated rings. The molecular formula is C25H18ClF3N2O. The third kappa shape index (κ3) is 5.03. The lowest BCUT2D eigenvalue weighted by atomic mass is 10.0. The Morgan fingerprint density at radius 1 is 0.875 bits per heavy atom. The van der Waals surface area contributed by atoms with E-state index in [-0.39, 0.29) is 6.61 Å². The molecule has 0 saturated carbocycles. The number of alkyl halides is 3. The van der Waals surface area contributed by atoms with Crippen LogP contribution in [0.1, 0.15) is 16.7 Å². The molecule has 0 heterocycles. The number of nitrogens with one attached hydrogen (secondary N) is 1. The summed E-state index contributed by atoms with van der Waals surface area (Å²) < 4.78 is 44.2. The van der Waals surface area contributed by atoms with E-state index in [1.807, 2.05) is 54.6 Å². The highest BCUT2D eigenvalue weighted by atomic mass is 35.5. The van der Waals surface area contributed by atoms with Crippen molar-refractivity contribution in [3.8, 4) is 5.75 Å². The van der Waals surface area contributed by atoms with E-state index in [0.717, 1.165) is 34.0 Å². The molecule has 32 heavy (non-hydrogen) atoms. The van der Waals surface area contributed by atoms with Crippen LogP contribution < -0.4 is 10.2 Å². The van der Waals surface area contributed by atoms with Crippen molar-refractivity contribution in [1.29, 1.82) is 0 Å². The topological polar surface area (TPSA) is 33.6 Å². The van der Waals surface area contributed by atoms with Gasteiger partial charge in [0.05, 0.1) is 17.5 Å². The molecule has 0 aliphatic heterocycles. The zero-order valence-electron chi connectivity index (χ0n) is 16.7. The number of ether oxygens (including phenoxy) is 1. The SMILES string of the molecule is FC(F)(F)c1ccc(N/N=C/c2c(OCc3ccccc3Cl)ccc3ccccc23)cc1. The van der Waals surface area contributed by atoms with Crippen LogP contribution in [0.25, 0.3) is 10.8 Å². The second-order valence-electron chi connectivity index (χ2n) is 7.02. The predicted octanol–water partition coefficient (Wildman–Crippen LogP) is 7.54. The Kier molecular flexibility index (Phi) is 6.32. The highest BCUT2D eigenvalue weighted by molar-refractivity contribution is 6.31. The molecule has 7 heteroatoms. The minimum Gasteiger partial charge on any atom is -0.488 e. The van der Waals surface area contributed by atoms with Gasteiger partial charge in [-0.3, -0.25) is 5.43 Å². The molecule has 1 N–H and O–H groups in total. The van der Waals surface area contributed by atoms with Gasteiger partial charge >= 0.3 is 6.18 Å². The number of hydrogen-bond donors (Lipinski definition) is 1. The minimum absolute atomic E-state index is 0.283. The van der Waals surface area contributed by atoms with E-state index < -0.39 is 11.7 Å². The summed E-state index contributed by atoms with van der Waals surface area (Å²) in [5.41, 5.74) is 4.10. The second kappa shape index (κ2) is 9.32. The third-order valence-corrected chi connectivity index (χ3v) is 5.24. The number of hydrogen-bond acceptors (Lipinski definition) is 3. The molecule has 0 amide bonds. The van der Waals surface area contributed by atoms with E-state index in [2.05, 4.69) is 10.5 Å². The molecule has 0 spiro atoms. The minimum atomic E-state index is -4.38. The molecule has 0 aromatic heterocycles. The average molecular weight is 455 g/mol. The van der Waals surface area contributed by atoms with Crippen molar-refractivity contribution in [3.05, 3.63) is 107 Å². The lowest BCUT2D eigenvalue weighted by Gasteiger charge is -2.13. The molecule has 0 unspecified atom stereocenters. The Balaban J connectivity index is 1.58. The van der Waals surface area contributed by atoms with Crippen molar-refractivity contribution in [2.24, 2.45) is 5.10 Å². The van der Waals surface area contributed by atoms with Gasteiger partial charge in [0.25, 0.3) is 0 Å². The van der Waals surface area contributed by atoms with E-state index in [1.54, 1.807) is 12.3 Å². The summed E-state index contributed by atoms with van der Waals surface area (Å²) in [5, 5.41) is 6.78. The first-order chi connectivity index (χ1) is 15.4. The summed E-state index contributed by atoms with van der Waals surface area (Å²) >= 11 is 6.23. The van der Waals surface area contributed by atoms with Crippen LogP contribution in [0.5, 0.6) is 5.75 Å². The summed E-state index contributed by atoms with van der Waals surface area (Å²) in [5.74, 6) is 0.613. The number of rotatable bonds is 6. The van der Waals surface area contributed by atoms with Gasteiger partial charge in [0.1, 0.15) is 12.4 Å². The van der Waals surface area contributed by atoms with Crippen LogP contribution in [0.15, 0.2) is 90.0 Å². The van der Waals surface area contributed by atoms with Crippen molar-refractivity contribution in [2.75, 3.05) is 5.43 Å². The van der Waals surface area contributed by atoms with Crippen LogP contribution in [0, 0.1) is 0 Å². The van der Waals surface area contributed by atoms with Gasteiger partial charge in [0.2, 0.25) is 0 Å². The van der Waals surface area contributed by atoms with Gasteiger partial charge < -0.3 is 4.74 Å². The molecule has 4 rings (SSSR count). The maximum absolute atomic E-state index is 12.7. The quantitative estimate of drug-likeness (QED) is 0.241. The lowest BCUT2D eigenvalue weighted by Crippen LogP contribution is -2.04. The van der Waals surface area contributed by atoms with E-state index in [4.69, 9.17) is 16.3 Å². The molecule has 4 aromatic carbocycles. The molecular weight excluding hydrogens is 437 g/mol. The number of halogens is 4. The van der Waals surface area contributed by atoms with E-state index in [0.29, 0.717) is 16.5 Å². The first kappa shape index (κ1) is 21.7. The molecule has 0 atom stereocenters. The molecule has 0 saturated heterocycles. The zero-order valence-corrected chi connectivity index (χ0v) is 17.5. The van der Waals surface area contributed by atoms with Crippen LogP contribution in [-0.4, -0.2) is 6.21 Å². The van der Waals surface area contributed by atoms with Crippen LogP contribution >= 0.6 is 11.6 Å². The van der Waals surface area contributed by atoms with Gasteiger partial charge in [0, 0.05) is 16.1 Å². The predicted molar refractivity (Wildman–Crippen MR) is 122 cm³/mol. The van der Waals surface area contributed by atoms with Crippen LogP contribution in [0.3, 0.4) is 0 Å². The summed E-state index contributed by atoms with van der Waals surface area (Å²) in [6, 6.07) is 23.7. The molecule has 162 valence electrons. The number of anilines is 1. The Morgan fingerprint density at radius 3 is 2.34 bits per heavy atom. The summed E-state index contributed by atoms with van der Waals surface area (Å²) in [6.45, 7) is 0.283. The molecule has 4 aromatic rings. The first-order valence-electron chi connectivity index (χ1n) is 9.76. The second-order valence-corrected chi connectivity index (χ2v) is 7.43. The summed E-state index contributed by atoms with van der Waals surface area (Å²) in [6.07, 6.45) is -2.78. The molecule has 3 nitrogen and oxygen atoms in total. The van der Waals surface area contributed by atoms with Crippen LogP contribution in [-0.2, 0) is 12.8 Å². The lowest BCUT2D eigenvalue weighted by molar-refractivity contribution is -0.137. The van der Waals surface area contributed by atoms with Gasteiger partial charge in [-0.05, 0) is 47.2 Å². The Bertz CT molecular complexity index is 1250. The maximum Gasteiger partial charge on any atom is 0.416 e. The molecule has 0 bridgehead atoms. The largest absolute Gasteiger partial charge is 0.488 e. The van der Waals surface area contributed by atoms with Gasteiger partial charge in [0.15, 0.2) is 0 Å². The summed E-state index contributed by atoms with van der Waals surface area (Å²) in [4.78, 5) is 0. The van der Waals surface area contributed by atoms with E-state index in [9.17, 15) is 13.2 Å². The van der Waals surface area contributed by atoms with Gasteiger partial charge in [-0.1, -0.05) is 60.1 Å². The van der Waals surface area contributed by atoms with E-state index >= 15 is 0 Å². The number of nitrogens with zero attached hydrogens (tertiary/aromatic N) is 1. The Morgan fingerprint density at radius 2 is 1.59 bits per heavy atom. The van der Waals surface area contributed by atoms with Crippen molar-refractivity contribution < 1.29 is 17.9 Å². The standard InChI is InChI=1S/C25H18ClF3N2O/c26-23-8-4-2-6-18(23)16-32-24-14-9-17-5-1-3-7-21(17)22(24)15-30-31-20-12-10-19(11-13-20)25(27,28)29/h1-15,31H,16H2/b30-15+. The fraction of sp³-hybridized carbons (Fsp3) is 0.0800. The molecule has 0 aliphatic carbocycles. The number of hydrazone groups is 1. The number of fused-ring (bicyclic) bond motifs is 1. The number of benzene rings is 4. The third-order valence-electron chi connectivity index (χ3n) is 4.87. The zero-order chi connectivity index (χ0) is 22.6. The van der Waals surface area contributed by atoms with Crippen molar-refractivity contribution in [2.45, 2.75) is 12.8 Å². The van der Waals surface area contributed by atoms with Gasteiger partial charge in [-0.25, -0.2) is 0 Å². The fourth-order valence-electron chi connectivity index (χ4n) is 3.21. The summed E-state index contributed by atoms with van der Waals surface area (Å²) in [7, 11) is 0. The van der Waals surface area contributed by atoms with Crippen molar-refractivity contribution in [1.82, 2.24) is 0 Å². The maximum atomic E-state index is 12.7. The average Bonchev–Trinajstić information content (AvgIpc) is 2.79. The Labute approximate surface area is 188 Å². The molecule has 0 aliphatic rings. The van der Waals surface area contributed by atoms with Crippen LogP contribution in [0.2, 0.25) is 5.02 Å². The van der Waals surface area contributed by atoms with E-state index in [1.165, 1.54) is 12.1 Å². The van der Waals surface area contributed by atoms with Crippen molar-refractivity contribution in [3.63, 3.8) is 0 Å². The molecule has 0 radical (unpaired) electrons. The van der Waals surface area contributed by atoms with Crippen molar-refractivity contribution >= 4 is 34.3 Å². The highest BCUT2D eigenvalue weighted by Gasteiger charge is 2.29. The monoisotopic (exact) mass is 454 g/mol. The Hall–Kier alpha value is -3.51. The normalized spacial score (nSPS) is 11.8. The van der Waals surface area contributed by atoms with Crippen LogP contribution in [0.4, 0.5) is 18.9 Å². The fourth-order valence-corrected chi connectivity index (χ4v) is 3.40. The smallest absolute Gasteiger partial charge is 0.416 e. The van der Waals surface area contributed by atoms with Gasteiger partial charge in [-0.2, -0.15) is 18.3 Å². The van der Waals surface area contributed by atoms with Gasteiger partial charge in [-0.15, -0.1) is 0 Å². The highest BCUT2D eigenvalue weighted by Crippen LogP contribution is 2.30. The first-order valence-corrected chi connectivity index (χ1v) is 10.1.